The number of hydrogen-bond donors (Lipinski definition) is 1. The molecule has 0 aliphatic carbocycles. The molecule has 0 fully saturated rings. The van der Waals surface area contributed by atoms with Crippen LogP contribution in [0.3, 0.4) is 0 Å². The summed E-state index contributed by atoms with van der Waals surface area (Å²) in [6.07, 6.45) is 0. The first kappa shape index (κ1) is 10.1. The van der Waals surface area contributed by atoms with Crippen molar-refractivity contribution in [2.45, 2.75) is 13.5 Å². The van der Waals surface area contributed by atoms with Crippen LogP contribution in [-0.4, -0.2) is 28.7 Å². The van der Waals surface area contributed by atoms with Crippen molar-refractivity contribution in [3.8, 4) is 0 Å². The molecule has 0 unspecified atom stereocenters. The van der Waals surface area contributed by atoms with E-state index in [2.05, 4.69) is 14.9 Å². The number of nitrogens with zero attached hydrogens (tertiary/aromatic N) is 2. The van der Waals surface area contributed by atoms with Gasteiger partial charge in [-0.05, 0) is 18.5 Å². The van der Waals surface area contributed by atoms with Gasteiger partial charge >= 0.3 is 5.97 Å². The third-order valence-electron chi connectivity index (χ3n) is 1.29. The highest BCUT2D eigenvalue weighted by Crippen LogP contribution is 1.95. The van der Waals surface area contributed by atoms with Gasteiger partial charge in [0.15, 0.2) is 0 Å². The zero-order valence-corrected chi connectivity index (χ0v) is 8.13. The van der Waals surface area contributed by atoms with Crippen LogP contribution in [0.25, 0.3) is 0 Å². The normalized spacial score (nSPS) is 9.92. The SMILES string of the molecule is CCOC(=O)CNCc1csnn1. The Morgan fingerprint density at radius 3 is 3.23 bits per heavy atom. The van der Waals surface area contributed by atoms with Gasteiger partial charge in [-0.1, -0.05) is 4.49 Å². The Kier molecular flexibility index (Phi) is 4.34. The Hall–Kier alpha value is -1.01. The monoisotopic (exact) mass is 201 g/mol. The van der Waals surface area contributed by atoms with E-state index in [-0.39, 0.29) is 12.5 Å². The van der Waals surface area contributed by atoms with Crippen molar-refractivity contribution in [2.75, 3.05) is 13.2 Å². The van der Waals surface area contributed by atoms with Crippen molar-refractivity contribution in [1.82, 2.24) is 14.9 Å². The highest BCUT2D eigenvalue weighted by atomic mass is 32.1. The van der Waals surface area contributed by atoms with Gasteiger partial charge in [0.1, 0.15) is 0 Å². The Balaban J connectivity index is 2.11. The third kappa shape index (κ3) is 3.95. The number of ether oxygens (including phenoxy) is 1. The lowest BCUT2D eigenvalue weighted by Crippen LogP contribution is -2.24. The van der Waals surface area contributed by atoms with Crippen LogP contribution in [-0.2, 0) is 16.1 Å². The average Bonchev–Trinajstić information content (AvgIpc) is 2.57. The molecule has 5 nitrogen and oxygen atoms in total. The third-order valence-corrected chi connectivity index (χ3v) is 1.84. The molecule has 1 rings (SSSR count). The zero-order chi connectivity index (χ0) is 9.52. The summed E-state index contributed by atoms with van der Waals surface area (Å²) in [4.78, 5) is 10.9. The van der Waals surface area contributed by atoms with Gasteiger partial charge in [-0.3, -0.25) is 4.79 Å². The molecule has 1 aromatic rings. The molecular formula is C7H11N3O2S. The second kappa shape index (κ2) is 5.60. The predicted molar refractivity (Wildman–Crippen MR) is 48.2 cm³/mol. The number of nitrogens with one attached hydrogen (secondary N) is 1. The summed E-state index contributed by atoms with van der Waals surface area (Å²) in [5.41, 5.74) is 0.842. The van der Waals surface area contributed by atoms with E-state index in [1.807, 2.05) is 5.38 Å². The lowest BCUT2D eigenvalue weighted by Gasteiger charge is -2.01. The summed E-state index contributed by atoms with van der Waals surface area (Å²) in [5, 5.41) is 8.55. The number of hydrogen-bond acceptors (Lipinski definition) is 6. The molecule has 0 aliphatic heterocycles. The van der Waals surface area contributed by atoms with Crippen molar-refractivity contribution in [1.29, 1.82) is 0 Å². The number of rotatable bonds is 5. The van der Waals surface area contributed by atoms with Gasteiger partial charge in [0.2, 0.25) is 0 Å². The quantitative estimate of drug-likeness (QED) is 0.689. The summed E-state index contributed by atoms with van der Waals surface area (Å²) in [7, 11) is 0. The van der Waals surface area contributed by atoms with Crippen LogP contribution in [0.1, 0.15) is 12.6 Å². The van der Waals surface area contributed by atoms with E-state index in [0.29, 0.717) is 13.2 Å². The van der Waals surface area contributed by atoms with Gasteiger partial charge in [-0.15, -0.1) is 5.10 Å². The molecule has 1 heterocycles. The minimum absolute atomic E-state index is 0.214. The van der Waals surface area contributed by atoms with Crippen LogP contribution in [0.2, 0.25) is 0 Å². The first-order valence-corrected chi connectivity index (χ1v) is 4.79. The molecule has 0 bridgehead atoms. The van der Waals surface area contributed by atoms with E-state index in [0.717, 1.165) is 5.69 Å². The Morgan fingerprint density at radius 2 is 2.62 bits per heavy atom. The lowest BCUT2D eigenvalue weighted by molar-refractivity contribution is -0.142. The van der Waals surface area contributed by atoms with Crippen LogP contribution in [0.15, 0.2) is 5.38 Å². The van der Waals surface area contributed by atoms with E-state index in [4.69, 9.17) is 4.74 Å². The molecule has 0 radical (unpaired) electrons. The fourth-order valence-corrected chi connectivity index (χ4v) is 1.22. The molecule has 0 aromatic carbocycles. The molecule has 13 heavy (non-hydrogen) atoms. The van der Waals surface area contributed by atoms with Gasteiger partial charge in [-0.25, -0.2) is 0 Å². The van der Waals surface area contributed by atoms with E-state index in [1.165, 1.54) is 11.5 Å². The highest BCUT2D eigenvalue weighted by molar-refractivity contribution is 7.03. The van der Waals surface area contributed by atoms with Gasteiger partial charge in [-0.2, -0.15) is 0 Å². The highest BCUT2D eigenvalue weighted by Gasteiger charge is 2.01. The molecule has 0 atom stereocenters. The van der Waals surface area contributed by atoms with Crippen molar-refractivity contribution < 1.29 is 9.53 Å². The molecule has 72 valence electrons. The van der Waals surface area contributed by atoms with Gasteiger partial charge in [0, 0.05) is 11.9 Å². The van der Waals surface area contributed by atoms with Crippen LogP contribution in [0, 0.1) is 0 Å². The van der Waals surface area contributed by atoms with Crippen molar-refractivity contribution in [2.24, 2.45) is 0 Å². The average molecular weight is 201 g/mol. The smallest absolute Gasteiger partial charge is 0.319 e. The Labute approximate surface area is 80.3 Å². The Morgan fingerprint density at radius 1 is 1.77 bits per heavy atom. The van der Waals surface area contributed by atoms with Crippen molar-refractivity contribution >= 4 is 17.5 Å². The fraction of sp³-hybridized carbons (Fsp3) is 0.571. The van der Waals surface area contributed by atoms with Crippen LogP contribution in [0.5, 0.6) is 0 Å². The first-order valence-electron chi connectivity index (χ1n) is 3.95. The van der Waals surface area contributed by atoms with Crippen LogP contribution < -0.4 is 5.32 Å². The van der Waals surface area contributed by atoms with E-state index < -0.39 is 0 Å². The summed E-state index contributed by atoms with van der Waals surface area (Å²) in [6, 6.07) is 0. The molecule has 0 amide bonds. The van der Waals surface area contributed by atoms with Crippen molar-refractivity contribution in [3.05, 3.63) is 11.1 Å². The van der Waals surface area contributed by atoms with Gasteiger partial charge in [0.05, 0.1) is 18.8 Å². The summed E-state index contributed by atoms with van der Waals surface area (Å²) in [5.74, 6) is -0.245. The summed E-state index contributed by atoms with van der Waals surface area (Å²) >= 11 is 1.29. The maximum atomic E-state index is 10.9. The standard InChI is InChI=1S/C7H11N3O2S/c1-2-12-7(11)4-8-3-6-5-13-10-9-6/h5,8H,2-4H2,1H3. The fourth-order valence-electron chi connectivity index (χ4n) is 0.766. The largest absolute Gasteiger partial charge is 0.465 e. The number of esters is 1. The number of aromatic nitrogens is 2. The molecule has 1 N–H and O–H groups in total. The molecule has 1 aromatic heterocycles. The van der Waals surface area contributed by atoms with Crippen molar-refractivity contribution in [3.63, 3.8) is 0 Å². The van der Waals surface area contributed by atoms with E-state index in [9.17, 15) is 4.79 Å². The number of carbonyl (C=O) groups is 1. The maximum absolute atomic E-state index is 10.9. The molecule has 0 spiro atoms. The van der Waals surface area contributed by atoms with E-state index in [1.54, 1.807) is 6.92 Å². The van der Waals surface area contributed by atoms with Crippen LogP contribution >= 0.6 is 11.5 Å². The lowest BCUT2D eigenvalue weighted by atomic mass is 10.5. The summed E-state index contributed by atoms with van der Waals surface area (Å²) < 4.78 is 8.42. The van der Waals surface area contributed by atoms with E-state index >= 15 is 0 Å². The zero-order valence-electron chi connectivity index (χ0n) is 7.32. The second-order valence-corrected chi connectivity index (χ2v) is 2.91. The van der Waals surface area contributed by atoms with Gasteiger partial charge < -0.3 is 10.1 Å². The maximum Gasteiger partial charge on any atom is 0.319 e. The minimum Gasteiger partial charge on any atom is -0.465 e. The first-order chi connectivity index (χ1) is 6.33. The predicted octanol–water partition coefficient (Wildman–Crippen LogP) is 0.191. The van der Waals surface area contributed by atoms with Gasteiger partial charge in [0.25, 0.3) is 0 Å². The summed E-state index contributed by atoms with van der Waals surface area (Å²) in [6.45, 7) is 2.96. The molecule has 6 heteroatoms. The molecule has 0 saturated heterocycles. The molecular weight excluding hydrogens is 190 g/mol. The Bertz CT molecular complexity index is 250. The molecule has 0 aliphatic rings. The molecule has 0 saturated carbocycles. The van der Waals surface area contributed by atoms with Crippen LogP contribution in [0.4, 0.5) is 0 Å². The topological polar surface area (TPSA) is 64.1 Å². The number of carbonyl (C=O) groups excluding carboxylic acids is 1. The minimum atomic E-state index is -0.245. The second-order valence-electron chi connectivity index (χ2n) is 2.30.